The third kappa shape index (κ3) is 2.75. The first-order valence-electron chi connectivity index (χ1n) is 6.49. The maximum absolute atomic E-state index is 9.12. The molecule has 0 atom stereocenters. The van der Waals surface area contributed by atoms with Gasteiger partial charge in [0.15, 0.2) is 0 Å². The molecule has 0 amide bonds. The van der Waals surface area contributed by atoms with E-state index in [0.29, 0.717) is 6.54 Å². The predicted molar refractivity (Wildman–Crippen MR) is 79.2 cm³/mol. The number of aromatic nitrogens is 2. The highest BCUT2D eigenvalue weighted by Gasteiger charge is 2.00. The number of para-hydroxylation sites is 2. The molecule has 2 aromatic carbocycles. The number of rotatable bonds is 4. The number of hydrogen-bond acceptors (Lipinski definition) is 4. The van der Waals surface area contributed by atoms with E-state index in [9.17, 15) is 0 Å². The Bertz CT molecular complexity index is 727. The number of hydrogen-bond donors (Lipinski definition) is 2. The molecule has 100 valence electrons. The minimum Gasteiger partial charge on any atom is -0.392 e. The summed E-state index contributed by atoms with van der Waals surface area (Å²) >= 11 is 0. The minimum absolute atomic E-state index is 0.0591. The lowest BCUT2D eigenvalue weighted by Gasteiger charge is -2.07. The molecule has 20 heavy (non-hydrogen) atoms. The molecule has 0 saturated heterocycles. The second-order valence-electron chi connectivity index (χ2n) is 4.58. The summed E-state index contributed by atoms with van der Waals surface area (Å²) < 4.78 is 0. The summed E-state index contributed by atoms with van der Waals surface area (Å²) in [5, 5.41) is 12.4. The van der Waals surface area contributed by atoms with Gasteiger partial charge in [-0.2, -0.15) is 0 Å². The minimum atomic E-state index is 0.0591. The van der Waals surface area contributed by atoms with Crippen LogP contribution in [0.3, 0.4) is 0 Å². The molecule has 0 unspecified atom stereocenters. The summed E-state index contributed by atoms with van der Waals surface area (Å²) in [5.74, 6) is 0.748. The average molecular weight is 265 g/mol. The first-order valence-corrected chi connectivity index (χ1v) is 6.49. The van der Waals surface area contributed by atoms with Crippen LogP contribution >= 0.6 is 0 Å². The van der Waals surface area contributed by atoms with Gasteiger partial charge in [-0.3, -0.25) is 4.98 Å². The molecule has 0 spiro atoms. The molecular formula is C16H15N3O. The van der Waals surface area contributed by atoms with Crippen molar-refractivity contribution in [3.8, 4) is 0 Å². The van der Waals surface area contributed by atoms with Crippen LogP contribution in [0.25, 0.3) is 11.0 Å². The Balaban J connectivity index is 1.76. The van der Waals surface area contributed by atoms with Crippen LogP contribution in [0.2, 0.25) is 0 Å². The van der Waals surface area contributed by atoms with Crippen LogP contribution in [0.15, 0.2) is 54.7 Å². The monoisotopic (exact) mass is 265 g/mol. The van der Waals surface area contributed by atoms with Gasteiger partial charge >= 0.3 is 0 Å². The van der Waals surface area contributed by atoms with E-state index in [0.717, 1.165) is 28.0 Å². The molecule has 3 rings (SSSR count). The Kier molecular flexibility index (Phi) is 3.56. The molecule has 3 aromatic rings. The van der Waals surface area contributed by atoms with Crippen molar-refractivity contribution < 1.29 is 5.11 Å². The van der Waals surface area contributed by atoms with Gasteiger partial charge in [-0.25, -0.2) is 4.98 Å². The van der Waals surface area contributed by atoms with Crippen LogP contribution in [0.1, 0.15) is 11.1 Å². The Hall–Kier alpha value is -2.46. The van der Waals surface area contributed by atoms with Gasteiger partial charge in [-0.15, -0.1) is 0 Å². The molecule has 0 radical (unpaired) electrons. The third-order valence-electron chi connectivity index (χ3n) is 3.10. The van der Waals surface area contributed by atoms with E-state index in [4.69, 9.17) is 5.11 Å². The number of aliphatic hydroxyl groups is 1. The number of aliphatic hydroxyl groups excluding tert-OH is 1. The van der Waals surface area contributed by atoms with Crippen molar-refractivity contribution >= 4 is 16.9 Å². The summed E-state index contributed by atoms with van der Waals surface area (Å²) in [6.07, 6.45) is 1.73. The number of nitrogens with zero attached hydrogens (tertiary/aromatic N) is 2. The topological polar surface area (TPSA) is 58.0 Å². The summed E-state index contributed by atoms with van der Waals surface area (Å²) in [6.45, 7) is 0.713. The standard InChI is InChI=1S/C16H15N3O/c20-11-13-5-3-4-12(8-13)9-18-16-10-17-14-6-1-2-7-15(14)19-16/h1-8,10,20H,9,11H2,(H,18,19). The van der Waals surface area contributed by atoms with E-state index in [1.807, 2.05) is 48.5 Å². The van der Waals surface area contributed by atoms with Gasteiger partial charge in [0.2, 0.25) is 0 Å². The molecule has 2 N–H and O–H groups in total. The van der Waals surface area contributed by atoms with E-state index < -0.39 is 0 Å². The number of benzene rings is 2. The molecule has 0 aliphatic carbocycles. The van der Waals surface area contributed by atoms with Gasteiger partial charge in [0.05, 0.1) is 23.8 Å². The summed E-state index contributed by atoms with van der Waals surface area (Å²) in [6, 6.07) is 15.6. The highest BCUT2D eigenvalue weighted by atomic mass is 16.3. The molecular weight excluding hydrogens is 250 g/mol. The zero-order chi connectivity index (χ0) is 13.8. The zero-order valence-electron chi connectivity index (χ0n) is 11.0. The van der Waals surface area contributed by atoms with Crippen molar-refractivity contribution in [3.05, 3.63) is 65.9 Å². The van der Waals surface area contributed by atoms with Crippen LogP contribution < -0.4 is 5.32 Å². The Labute approximate surface area is 117 Å². The average Bonchev–Trinajstić information content (AvgIpc) is 2.53. The van der Waals surface area contributed by atoms with Crippen molar-refractivity contribution in [1.82, 2.24) is 9.97 Å². The fourth-order valence-corrected chi connectivity index (χ4v) is 2.07. The molecule has 0 aliphatic rings. The van der Waals surface area contributed by atoms with Crippen molar-refractivity contribution in [2.24, 2.45) is 0 Å². The van der Waals surface area contributed by atoms with Crippen molar-refractivity contribution in [1.29, 1.82) is 0 Å². The molecule has 0 fully saturated rings. The smallest absolute Gasteiger partial charge is 0.145 e. The van der Waals surface area contributed by atoms with Gasteiger partial charge < -0.3 is 10.4 Å². The first kappa shape index (κ1) is 12.6. The number of anilines is 1. The maximum Gasteiger partial charge on any atom is 0.145 e. The highest BCUT2D eigenvalue weighted by Crippen LogP contribution is 2.13. The molecule has 4 nitrogen and oxygen atoms in total. The van der Waals surface area contributed by atoms with Gasteiger partial charge in [-0.1, -0.05) is 36.4 Å². The van der Waals surface area contributed by atoms with E-state index in [-0.39, 0.29) is 6.61 Å². The zero-order valence-corrected chi connectivity index (χ0v) is 11.0. The third-order valence-corrected chi connectivity index (χ3v) is 3.10. The Morgan fingerprint density at radius 3 is 2.60 bits per heavy atom. The van der Waals surface area contributed by atoms with Crippen LogP contribution in [0.5, 0.6) is 0 Å². The lowest BCUT2D eigenvalue weighted by molar-refractivity contribution is 0.281. The molecule has 4 heteroatoms. The summed E-state index contributed by atoms with van der Waals surface area (Å²) in [7, 11) is 0. The first-order chi connectivity index (χ1) is 9.85. The SMILES string of the molecule is OCc1cccc(CNc2cnc3ccccc3n2)c1. The number of fused-ring (bicyclic) bond motifs is 1. The molecule has 1 aromatic heterocycles. The van der Waals surface area contributed by atoms with Crippen LogP contribution in [0, 0.1) is 0 Å². The quantitative estimate of drug-likeness (QED) is 0.761. The van der Waals surface area contributed by atoms with E-state index in [2.05, 4.69) is 15.3 Å². The van der Waals surface area contributed by atoms with Gasteiger partial charge in [0, 0.05) is 6.54 Å². The Morgan fingerprint density at radius 1 is 0.950 bits per heavy atom. The van der Waals surface area contributed by atoms with E-state index in [1.165, 1.54) is 0 Å². The highest BCUT2D eigenvalue weighted by molar-refractivity contribution is 5.75. The van der Waals surface area contributed by atoms with Crippen molar-refractivity contribution in [2.45, 2.75) is 13.2 Å². The summed E-state index contributed by atoms with van der Waals surface area (Å²) in [5.41, 5.74) is 3.78. The molecule has 0 aliphatic heterocycles. The van der Waals surface area contributed by atoms with Crippen LogP contribution in [-0.4, -0.2) is 15.1 Å². The van der Waals surface area contributed by atoms with Crippen molar-refractivity contribution in [2.75, 3.05) is 5.32 Å². The van der Waals surface area contributed by atoms with Crippen molar-refractivity contribution in [3.63, 3.8) is 0 Å². The van der Waals surface area contributed by atoms with Gasteiger partial charge in [-0.05, 0) is 23.3 Å². The second-order valence-corrected chi connectivity index (χ2v) is 4.58. The lowest BCUT2D eigenvalue weighted by atomic mass is 10.1. The lowest BCUT2D eigenvalue weighted by Crippen LogP contribution is -2.02. The normalized spacial score (nSPS) is 10.7. The van der Waals surface area contributed by atoms with Gasteiger partial charge in [0.25, 0.3) is 0 Å². The van der Waals surface area contributed by atoms with E-state index >= 15 is 0 Å². The fourth-order valence-electron chi connectivity index (χ4n) is 2.07. The molecule has 1 heterocycles. The summed E-state index contributed by atoms with van der Waals surface area (Å²) in [4.78, 5) is 8.87. The fraction of sp³-hybridized carbons (Fsp3) is 0.125. The largest absolute Gasteiger partial charge is 0.392 e. The molecule has 0 saturated carbocycles. The van der Waals surface area contributed by atoms with Crippen LogP contribution in [-0.2, 0) is 13.2 Å². The van der Waals surface area contributed by atoms with E-state index in [1.54, 1.807) is 6.20 Å². The maximum atomic E-state index is 9.12. The van der Waals surface area contributed by atoms with Gasteiger partial charge in [0.1, 0.15) is 5.82 Å². The van der Waals surface area contributed by atoms with Crippen LogP contribution in [0.4, 0.5) is 5.82 Å². The Morgan fingerprint density at radius 2 is 1.75 bits per heavy atom. The number of nitrogens with one attached hydrogen (secondary N) is 1. The second kappa shape index (κ2) is 5.67. The predicted octanol–water partition coefficient (Wildman–Crippen LogP) is 2.73. The molecule has 0 bridgehead atoms.